The Balaban J connectivity index is 1.81. The first-order valence-electron chi connectivity index (χ1n) is 9.68. The van der Waals surface area contributed by atoms with Gasteiger partial charge in [0.05, 0.1) is 22.9 Å². The van der Waals surface area contributed by atoms with Gasteiger partial charge in [0.1, 0.15) is 11.9 Å². The van der Waals surface area contributed by atoms with Crippen molar-refractivity contribution in [2.75, 3.05) is 0 Å². The average molecular weight is 399 g/mol. The first kappa shape index (κ1) is 20.4. The van der Waals surface area contributed by atoms with Gasteiger partial charge in [0.2, 0.25) is 10.0 Å². The molecule has 0 aliphatic heterocycles. The van der Waals surface area contributed by atoms with Crippen molar-refractivity contribution in [1.29, 1.82) is 5.26 Å². The van der Waals surface area contributed by atoms with Crippen molar-refractivity contribution in [2.24, 2.45) is 0 Å². The topological polar surface area (TPSA) is 79.2 Å². The van der Waals surface area contributed by atoms with Gasteiger partial charge < -0.3 is 4.74 Å². The summed E-state index contributed by atoms with van der Waals surface area (Å²) in [4.78, 5) is 0. The molecule has 2 atom stereocenters. The summed E-state index contributed by atoms with van der Waals surface area (Å²) < 4.78 is 33.5. The normalized spacial score (nSPS) is 19.9. The molecule has 2 aromatic carbocycles. The molecule has 0 spiro atoms. The Kier molecular flexibility index (Phi) is 6.38. The number of nitrogens with one attached hydrogen (secondary N) is 1. The van der Waals surface area contributed by atoms with E-state index in [2.05, 4.69) is 10.8 Å². The summed E-state index contributed by atoms with van der Waals surface area (Å²) in [6.45, 7) is 3.34. The minimum absolute atomic E-state index is 0.239. The number of sulfonamides is 1. The summed E-state index contributed by atoms with van der Waals surface area (Å²) in [5, 5.41) is 9.10. The summed E-state index contributed by atoms with van der Waals surface area (Å²) >= 11 is 0. The number of benzene rings is 2. The van der Waals surface area contributed by atoms with E-state index in [1.54, 1.807) is 19.9 Å². The Morgan fingerprint density at radius 1 is 1.11 bits per heavy atom. The van der Waals surface area contributed by atoms with Crippen LogP contribution in [0.1, 0.15) is 45.1 Å². The molecule has 1 aliphatic carbocycles. The van der Waals surface area contributed by atoms with Crippen LogP contribution < -0.4 is 9.46 Å². The molecule has 5 nitrogen and oxygen atoms in total. The largest absolute Gasteiger partial charge is 0.489 e. The van der Waals surface area contributed by atoms with Crippen molar-refractivity contribution in [2.45, 2.75) is 56.9 Å². The predicted molar refractivity (Wildman–Crippen MR) is 110 cm³/mol. The van der Waals surface area contributed by atoms with Crippen LogP contribution in [-0.4, -0.2) is 25.8 Å². The maximum absolute atomic E-state index is 12.3. The summed E-state index contributed by atoms with van der Waals surface area (Å²) in [6.07, 6.45) is 3.27. The molecule has 0 amide bonds. The highest BCUT2D eigenvalue weighted by Crippen LogP contribution is 2.30. The zero-order valence-corrected chi connectivity index (χ0v) is 17.1. The summed E-state index contributed by atoms with van der Waals surface area (Å²) in [7, 11) is -3.36. The number of nitriles is 1. The lowest BCUT2D eigenvalue weighted by atomic mass is 9.93. The fourth-order valence-corrected chi connectivity index (χ4v) is 4.42. The van der Waals surface area contributed by atoms with Crippen LogP contribution in [-0.2, 0) is 10.0 Å². The molecule has 0 saturated heterocycles. The Morgan fingerprint density at radius 3 is 2.50 bits per heavy atom. The summed E-state index contributed by atoms with van der Waals surface area (Å²) in [6, 6.07) is 17.2. The van der Waals surface area contributed by atoms with E-state index in [4.69, 9.17) is 4.74 Å². The van der Waals surface area contributed by atoms with Gasteiger partial charge in [0.15, 0.2) is 0 Å². The van der Waals surface area contributed by atoms with Gasteiger partial charge in [0, 0.05) is 0 Å². The van der Waals surface area contributed by atoms with Crippen molar-refractivity contribution in [3.63, 3.8) is 0 Å². The highest BCUT2D eigenvalue weighted by atomic mass is 32.2. The van der Waals surface area contributed by atoms with Crippen molar-refractivity contribution in [3.8, 4) is 22.9 Å². The Hall–Kier alpha value is -2.36. The third-order valence-corrected chi connectivity index (χ3v) is 7.00. The van der Waals surface area contributed by atoms with Crippen LogP contribution in [0.15, 0.2) is 48.5 Å². The van der Waals surface area contributed by atoms with Gasteiger partial charge in [0.25, 0.3) is 0 Å². The third kappa shape index (κ3) is 4.73. The smallest absolute Gasteiger partial charge is 0.214 e. The Morgan fingerprint density at radius 2 is 1.82 bits per heavy atom. The quantitative estimate of drug-likeness (QED) is 0.789. The summed E-state index contributed by atoms with van der Waals surface area (Å²) in [5.74, 6) is 0.594. The molecule has 28 heavy (non-hydrogen) atoms. The maximum atomic E-state index is 12.3. The van der Waals surface area contributed by atoms with Crippen LogP contribution in [0.2, 0.25) is 0 Å². The van der Waals surface area contributed by atoms with Crippen LogP contribution in [0.3, 0.4) is 0 Å². The van der Waals surface area contributed by atoms with E-state index >= 15 is 0 Å². The van der Waals surface area contributed by atoms with Crippen molar-refractivity contribution < 1.29 is 13.2 Å². The van der Waals surface area contributed by atoms with Crippen molar-refractivity contribution >= 4 is 10.0 Å². The number of rotatable bonds is 6. The lowest BCUT2D eigenvalue weighted by molar-refractivity contribution is 0.124. The van der Waals surface area contributed by atoms with Crippen molar-refractivity contribution in [3.05, 3.63) is 54.1 Å². The first-order valence-corrected chi connectivity index (χ1v) is 11.2. The molecule has 0 aromatic heterocycles. The molecule has 1 saturated carbocycles. The molecule has 1 fully saturated rings. The lowest BCUT2D eigenvalue weighted by Crippen LogP contribution is -2.49. The van der Waals surface area contributed by atoms with Crippen LogP contribution in [0.25, 0.3) is 11.1 Å². The van der Waals surface area contributed by atoms with Gasteiger partial charge in [-0.3, -0.25) is 0 Å². The molecule has 148 valence electrons. The molecule has 0 radical (unpaired) electrons. The maximum Gasteiger partial charge on any atom is 0.214 e. The van der Waals surface area contributed by atoms with E-state index < -0.39 is 15.3 Å². The fraction of sp³-hybridized carbons (Fsp3) is 0.409. The zero-order valence-electron chi connectivity index (χ0n) is 16.3. The standard InChI is InChI=1S/C22H26N2O3S/c1-16(2)28(25,26)24-21-10-6-7-11-22(21)27-19-12-13-20(18(14-19)15-23)17-8-4-3-5-9-17/h3-5,8-9,12-14,16,21-22,24H,6-7,10-11H2,1-2H3/t21-,22+/m0/s1. The lowest BCUT2D eigenvalue weighted by Gasteiger charge is -2.32. The number of ether oxygens (including phenoxy) is 1. The molecule has 0 bridgehead atoms. The van der Waals surface area contributed by atoms with Gasteiger partial charge in [-0.25, -0.2) is 13.1 Å². The second kappa shape index (κ2) is 8.76. The zero-order chi connectivity index (χ0) is 20.1. The van der Waals surface area contributed by atoms with E-state index in [0.29, 0.717) is 11.3 Å². The van der Waals surface area contributed by atoms with Crippen LogP contribution in [0.4, 0.5) is 0 Å². The molecule has 0 heterocycles. The van der Waals surface area contributed by atoms with Gasteiger partial charge in [-0.1, -0.05) is 36.8 Å². The number of nitrogens with zero attached hydrogens (tertiary/aromatic N) is 1. The second-order valence-electron chi connectivity index (χ2n) is 7.44. The van der Waals surface area contributed by atoms with Gasteiger partial charge in [-0.05, 0) is 62.4 Å². The Bertz CT molecular complexity index is 949. The Labute approximate surface area is 167 Å². The predicted octanol–water partition coefficient (Wildman–Crippen LogP) is 4.24. The van der Waals surface area contributed by atoms with Gasteiger partial charge in [-0.15, -0.1) is 0 Å². The molecule has 1 aliphatic rings. The highest BCUT2D eigenvalue weighted by Gasteiger charge is 2.31. The molecule has 0 unspecified atom stereocenters. The highest BCUT2D eigenvalue weighted by molar-refractivity contribution is 7.90. The minimum Gasteiger partial charge on any atom is -0.489 e. The first-order chi connectivity index (χ1) is 13.4. The summed E-state index contributed by atoms with van der Waals surface area (Å²) in [5.41, 5.74) is 2.38. The van der Waals surface area contributed by atoms with E-state index in [9.17, 15) is 13.7 Å². The van der Waals surface area contributed by atoms with E-state index in [1.807, 2.05) is 42.5 Å². The van der Waals surface area contributed by atoms with Crippen LogP contribution >= 0.6 is 0 Å². The molecule has 3 rings (SSSR count). The molecular formula is C22H26N2O3S. The molecule has 2 aromatic rings. The monoisotopic (exact) mass is 398 g/mol. The van der Waals surface area contributed by atoms with Gasteiger partial charge >= 0.3 is 0 Å². The van der Waals surface area contributed by atoms with Crippen LogP contribution in [0, 0.1) is 11.3 Å². The van der Waals surface area contributed by atoms with E-state index in [-0.39, 0.29) is 12.1 Å². The van der Waals surface area contributed by atoms with E-state index in [1.165, 1.54) is 0 Å². The second-order valence-corrected chi connectivity index (χ2v) is 9.71. The fourth-order valence-electron chi connectivity index (χ4n) is 3.45. The minimum atomic E-state index is -3.36. The molecule has 6 heteroatoms. The third-order valence-electron chi connectivity index (χ3n) is 5.12. The molecular weight excluding hydrogens is 372 g/mol. The SMILES string of the molecule is CC(C)S(=O)(=O)N[C@H]1CCCC[C@H]1Oc1ccc(-c2ccccc2)c(C#N)c1. The number of hydrogen-bond acceptors (Lipinski definition) is 4. The van der Waals surface area contributed by atoms with Crippen LogP contribution in [0.5, 0.6) is 5.75 Å². The van der Waals surface area contributed by atoms with E-state index in [0.717, 1.165) is 36.8 Å². The number of hydrogen-bond donors (Lipinski definition) is 1. The van der Waals surface area contributed by atoms with Gasteiger partial charge in [-0.2, -0.15) is 5.26 Å². The average Bonchev–Trinajstić information content (AvgIpc) is 2.69. The van der Waals surface area contributed by atoms with Crippen molar-refractivity contribution in [1.82, 2.24) is 4.72 Å². The molecule has 1 N–H and O–H groups in total.